The molecule has 0 saturated heterocycles. The number of benzene rings is 3. The predicted octanol–water partition coefficient (Wildman–Crippen LogP) is 6.60. The largest absolute Gasteiger partial charge is 0.147 e. The maximum atomic E-state index is 5.51. The Hall–Kier alpha value is -1.39. The molecule has 4 rings (SSSR count). The molecule has 0 spiro atoms. The summed E-state index contributed by atoms with van der Waals surface area (Å²) in [5.74, 6) is 0. The maximum absolute atomic E-state index is 5.51. The van der Waals surface area contributed by atoms with E-state index < -0.39 is 0 Å². The minimum Gasteiger partial charge on any atom is -0.147 e. The minimum atomic E-state index is 0. The van der Waals surface area contributed by atoms with Crippen molar-refractivity contribution in [2.24, 2.45) is 0 Å². The van der Waals surface area contributed by atoms with Crippen LogP contribution in [0.5, 0.6) is 0 Å². The Kier molecular flexibility index (Phi) is 9.37. The Morgan fingerprint density at radius 3 is 2.40 bits per heavy atom. The van der Waals surface area contributed by atoms with Gasteiger partial charge in [-0.1, -0.05) is 0 Å². The third kappa shape index (κ3) is 5.08. The summed E-state index contributed by atoms with van der Waals surface area (Å²) in [6.45, 7) is 1.57. The van der Waals surface area contributed by atoms with Gasteiger partial charge >= 0.3 is 180 Å². The molecule has 0 atom stereocenters. The molecule has 0 aromatic heterocycles. The summed E-state index contributed by atoms with van der Waals surface area (Å²) in [6, 6.07) is 21.9. The van der Waals surface area contributed by atoms with Gasteiger partial charge < -0.3 is 0 Å². The molecular formula is C25H26Cl2NOTi. The van der Waals surface area contributed by atoms with Gasteiger partial charge in [-0.25, -0.2) is 0 Å². The molecule has 1 aliphatic carbocycles. The fraction of sp³-hybridized carbons (Fsp3) is 0.200. The van der Waals surface area contributed by atoms with E-state index in [1.807, 2.05) is 0 Å². The second-order valence-electron chi connectivity index (χ2n) is 7.50. The van der Waals surface area contributed by atoms with Crippen molar-refractivity contribution in [3.8, 4) is 11.1 Å². The third-order valence-corrected chi connectivity index (χ3v) is 5.51. The molecule has 0 N–H and O–H groups in total. The van der Waals surface area contributed by atoms with Crippen molar-refractivity contribution in [3.05, 3.63) is 89.5 Å². The van der Waals surface area contributed by atoms with E-state index in [1.165, 1.54) is 44.2 Å². The molecule has 0 amide bonds. The smallest absolute Gasteiger partial charge is 0.147 e. The molecule has 0 heterocycles. The molecule has 155 valence electrons. The molecule has 0 saturated carbocycles. The van der Waals surface area contributed by atoms with Crippen LogP contribution in [0.4, 0.5) is 0 Å². The topological polar surface area (TPSA) is 12.5 Å². The van der Waals surface area contributed by atoms with Crippen LogP contribution in [0.1, 0.15) is 17.5 Å². The summed E-state index contributed by atoms with van der Waals surface area (Å²) in [7, 11) is 4.26. The van der Waals surface area contributed by atoms with Crippen LogP contribution in [-0.4, -0.2) is 25.5 Å². The van der Waals surface area contributed by atoms with E-state index in [2.05, 4.69) is 91.8 Å². The molecule has 0 fully saturated rings. The van der Waals surface area contributed by atoms with Gasteiger partial charge in [-0.3, -0.25) is 0 Å². The van der Waals surface area contributed by atoms with Crippen molar-refractivity contribution in [2.45, 2.75) is 13.0 Å². The van der Waals surface area contributed by atoms with Crippen LogP contribution in [0.15, 0.2) is 78.4 Å². The Balaban J connectivity index is 0.00000160. The molecular weight excluding hydrogens is 449 g/mol. The molecule has 0 aliphatic heterocycles. The Morgan fingerprint density at radius 1 is 0.900 bits per heavy atom. The normalized spacial score (nSPS) is 12.9. The standard InChI is InChI=1S/C25H24NO.2ClH.Ti/c1-26(2)16-19-10-7-13-21(19)24-15-14-18-8-3-5-11-22(18)25(24)23-12-6-4-9-20(23)17-27;;;/h3-12,14-15H,13,16-17H2,1-2H3;2*1H;/q-1;;;+1. The maximum Gasteiger partial charge on any atom is -0.147 e. The first-order chi connectivity index (χ1) is 13.7. The molecule has 0 radical (unpaired) electrons. The number of hydrogen-bond acceptors (Lipinski definition) is 2. The van der Waals surface area contributed by atoms with Crippen molar-refractivity contribution >= 4 is 41.2 Å². The van der Waals surface area contributed by atoms with Crippen molar-refractivity contribution in [3.63, 3.8) is 0 Å². The van der Waals surface area contributed by atoms with Crippen LogP contribution in [0.2, 0.25) is 0 Å². The molecule has 3 aromatic carbocycles. The zero-order chi connectivity index (χ0) is 19.5. The van der Waals surface area contributed by atoms with E-state index in [4.69, 9.17) is 3.32 Å². The van der Waals surface area contributed by atoms with Gasteiger partial charge in [0.25, 0.3) is 0 Å². The first-order valence-electron chi connectivity index (χ1n) is 9.61. The van der Waals surface area contributed by atoms with Gasteiger partial charge in [0.1, 0.15) is 0 Å². The average molecular weight is 475 g/mol. The Morgan fingerprint density at radius 2 is 1.63 bits per heavy atom. The van der Waals surface area contributed by atoms with Crippen LogP contribution in [-0.2, 0) is 30.7 Å². The summed E-state index contributed by atoms with van der Waals surface area (Å²) in [5.41, 5.74) is 7.99. The van der Waals surface area contributed by atoms with Crippen LogP contribution in [0, 0.1) is 0 Å². The number of nitrogens with zero attached hydrogens (tertiary/aromatic N) is 1. The van der Waals surface area contributed by atoms with Gasteiger partial charge in [0, 0.05) is 0 Å². The number of allylic oxidation sites excluding steroid dienone is 2. The minimum absolute atomic E-state index is 0. The first kappa shape index (κ1) is 24.9. The van der Waals surface area contributed by atoms with E-state index >= 15 is 0 Å². The summed E-state index contributed by atoms with van der Waals surface area (Å²) in [6.07, 6.45) is 5.56. The molecule has 1 aliphatic rings. The number of fused-ring (bicyclic) bond motifs is 1. The van der Waals surface area contributed by atoms with E-state index in [-0.39, 0.29) is 24.8 Å². The zero-order valence-corrected chi connectivity index (χ0v) is 20.4. The Bertz CT molecular complexity index is 1080. The van der Waals surface area contributed by atoms with Gasteiger partial charge in [0.15, 0.2) is 0 Å². The van der Waals surface area contributed by atoms with Crippen LogP contribution >= 0.6 is 24.8 Å². The predicted molar refractivity (Wildman–Crippen MR) is 128 cm³/mol. The van der Waals surface area contributed by atoms with Gasteiger partial charge in [0.05, 0.1) is 0 Å². The van der Waals surface area contributed by atoms with Gasteiger partial charge in [-0.2, -0.15) is 0 Å². The van der Waals surface area contributed by atoms with Crippen LogP contribution in [0.25, 0.3) is 27.5 Å². The zero-order valence-electron chi connectivity index (χ0n) is 17.2. The summed E-state index contributed by atoms with van der Waals surface area (Å²) >= 11 is 1.76. The van der Waals surface area contributed by atoms with Gasteiger partial charge in [0.2, 0.25) is 0 Å². The molecule has 2 nitrogen and oxygen atoms in total. The SMILES string of the molecule is CN(C)CC1=C(c2ccc3ccccc3c2-c2ccccc2C[O][Ti])CC=C1.Cl.Cl. The third-order valence-electron chi connectivity index (χ3n) is 5.28. The van der Waals surface area contributed by atoms with Gasteiger partial charge in [-0.15, -0.1) is 24.8 Å². The van der Waals surface area contributed by atoms with Crippen LogP contribution in [0.3, 0.4) is 0 Å². The number of hydrogen-bond donors (Lipinski definition) is 0. The van der Waals surface area contributed by atoms with Crippen molar-refractivity contribution in [1.29, 1.82) is 0 Å². The monoisotopic (exact) mass is 474 g/mol. The Labute approximate surface area is 203 Å². The van der Waals surface area contributed by atoms with E-state index in [0.29, 0.717) is 6.61 Å². The summed E-state index contributed by atoms with van der Waals surface area (Å²) in [5, 5.41) is 2.57. The number of rotatable bonds is 6. The van der Waals surface area contributed by atoms with E-state index in [9.17, 15) is 0 Å². The first-order valence-corrected chi connectivity index (χ1v) is 10.2. The summed E-state index contributed by atoms with van der Waals surface area (Å²) < 4.78 is 5.51. The van der Waals surface area contributed by atoms with Crippen molar-refractivity contribution < 1.29 is 24.1 Å². The van der Waals surface area contributed by atoms with Crippen molar-refractivity contribution in [1.82, 2.24) is 4.90 Å². The van der Waals surface area contributed by atoms with Crippen molar-refractivity contribution in [2.75, 3.05) is 20.6 Å². The van der Waals surface area contributed by atoms with E-state index in [1.54, 1.807) is 20.8 Å². The second-order valence-corrected chi connectivity index (χ2v) is 7.95. The number of halogens is 2. The fourth-order valence-electron chi connectivity index (χ4n) is 4.10. The second kappa shape index (κ2) is 11.3. The molecule has 5 heteroatoms. The average Bonchev–Trinajstić information content (AvgIpc) is 3.15. The molecule has 30 heavy (non-hydrogen) atoms. The fourth-order valence-corrected chi connectivity index (χ4v) is 4.35. The molecule has 0 bridgehead atoms. The van der Waals surface area contributed by atoms with Gasteiger partial charge in [-0.05, 0) is 0 Å². The molecule has 3 aromatic rings. The summed E-state index contributed by atoms with van der Waals surface area (Å²) in [4.78, 5) is 2.24. The quantitative estimate of drug-likeness (QED) is 0.373. The number of likely N-dealkylation sites (N-methyl/N-ethyl adjacent to an activating group) is 1. The molecule has 0 unspecified atom stereocenters. The van der Waals surface area contributed by atoms with E-state index in [0.717, 1.165) is 13.0 Å². The van der Waals surface area contributed by atoms with Crippen LogP contribution < -0.4 is 0 Å².